The van der Waals surface area contributed by atoms with Crippen molar-refractivity contribution in [2.24, 2.45) is 23.5 Å². The number of carbonyl (C=O) groups is 1. The molecular formula is C17H28N2O4. The minimum Gasteiger partial charge on any atom is -0.449 e. The molecule has 2 aliphatic rings. The van der Waals surface area contributed by atoms with Crippen LogP contribution in [0.25, 0.3) is 0 Å². The third-order valence-electron chi connectivity index (χ3n) is 4.40. The van der Waals surface area contributed by atoms with Crippen LogP contribution in [0, 0.1) is 29.6 Å². The van der Waals surface area contributed by atoms with Crippen LogP contribution < -0.4 is 11.1 Å². The van der Waals surface area contributed by atoms with E-state index < -0.39 is 0 Å². The number of rotatable bonds is 10. The lowest BCUT2D eigenvalue weighted by Gasteiger charge is -2.08. The van der Waals surface area contributed by atoms with Crippen LogP contribution in [0.5, 0.6) is 0 Å². The quantitative estimate of drug-likeness (QED) is 0.465. The van der Waals surface area contributed by atoms with E-state index in [1.807, 2.05) is 0 Å². The molecule has 6 nitrogen and oxygen atoms in total. The standard InChI is InChI=1S/C17H28N2O4/c18-7-9-21-11-12-22-10-8-19-17(20)23-13-16-14-5-3-1-2-4-6-15(14)16/h14-16H,3-13,18H2,(H,19,20)/t14-,15-/m1/s1. The van der Waals surface area contributed by atoms with Crippen LogP contribution in [0.1, 0.15) is 25.7 Å². The van der Waals surface area contributed by atoms with Gasteiger partial charge in [0.1, 0.15) is 0 Å². The molecule has 0 aromatic rings. The van der Waals surface area contributed by atoms with Gasteiger partial charge in [-0.05, 0) is 30.6 Å². The van der Waals surface area contributed by atoms with E-state index in [9.17, 15) is 4.79 Å². The first kappa shape index (κ1) is 18.1. The maximum atomic E-state index is 11.6. The first-order chi connectivity index (χ1) is 11.3. The van der Waals surface area contributed by atoms with Gasteiger partial charge in [0, 0.05) is 25.9 Å². The smallest absolute Gasteiger partial charge is 0.407 e. The first-order valence-corrected chi connectivity index (χ1v) is 8.55. The van der Waals surface area contributed by atoms with Gasteiger partial charge in [0.15, 0.2) is 0 Å². The van der Waals surface area contributed by atoms with E-state index in [-0.39, 0.29) is 6.09 Å². The van der Waals surface area contributed by atoms with Crippen molar-refractivity contribution in [3.05, 3.63) is 0 Å². The van der Waals surface area contributed by atoms with Gasteiger partial charge in [-0.2, -0.15) is 0 Å². The number of nitrogens with two attached hydrogens (primary N) is 1. The summed E-state index contributed by atoms with van der Waals surface area (Å²) in [5.41, 5.74) is 5.30. The van der Waals surface area contributed by atoms with Crippen molar-refractivity contribution in [2.75, 3.05) is 46.1 Å². The molecule has 1 saturated carbocycles. The predicted octanol–water partition coefficient (Wildman–Crippen LogP) is 1.14. The lowest BCUT2D eigenvalue weighted by Crippen LogP contribution is -2.29. The van der Waals surface area contributed by atoms with Crippen molar-refractivity contribution in [1.82, 2.24) is 5.32 Å². The fourth-order valence-corrected chi connectivity index (χ4v) is 3.14. The number of fused-ring (bicyclic) bond motifs is 1. The highest BCUT2D eigenvalue weighted by Gasteiger charge is 2.49. The average Bonchev–Trinajstić information content (AvgIpc) is 3.17. The van der Waals surface area contributed by atoms with E-state index in [0.717, 1.165) is 25.7 Å². The van der Waals surface area contributed by atoms with E-state index in [1.54, 1.807) is 0 Å². The molecule has 0 aliphatic heterocycles. The third kappa shape index (κ3) is 6.78. The third-order valence-corrected chi connectivity index (χ3v) is 4.40. The Morgan fingerprint density at radius 3 is 2.35 bits per heavy atom. The Morgan fingerprint density at radius 1 is 1.04 bits per heavy atom. The van der Waals surface area contributed by atoms with Gasteiger partial charge in [-0.1, -0.05) is 0 Å². The fourth-order valence-electron chi connectivity index (χ4n) is 3.14. The average molecular weight is 324 g/mol. The Morgan fingerprint density at radius 2 is 1.70 bits per heavy atom. The molecule has 2 atom stereocenters. The predicted molar refractivity (Wildman–Crippen MR) is 86.8 cm³/mol. The monoisotopic (exact) mass is 324 g/mol. The SMILES string of the molecule is NCCOCCOCCNC(=O)OCC1[C@@H]2CCC#CCC[C@@H]12. The molecule has 0 unspecified atom stereocenters. The fraction of sp³-hybridized carbons (Fsp3) is 0.824. The molecule has 0 aromatic carbocycles. The van der Waals surface area contributed by atoms with Crippen LogP contribution in [0.15, 0.2) is 0 Å². The van der Waals surface area contributed by atoms with Gasteiger partial charge in [-0.15, -0.1) is 11.8 Å². The maximum absolute atomic E-state index is 11.6. The number of hydrogen-bond donors (Lipinski definition) is 2. The second-order valence-corrected chi connectivity index (χ2v) is 5.96. The number of hydrogen-bond acceptors (Lipinski definition) is 5. The Kier molecular flexibility index (Phi) is 8.23. The number of amides is 1. The van der Waals surface area contributed by atoms with Crippen molar-refractivity contribution in [2.45, 2.75) is 25.7 Å². The Hall–Kier alpha value is -1.29. The van der Waals surface area contributed by atoms with Gasteiger partial charge >= 0.3 is 6.09 Å². The highest BCUT2D eigenvalue weighted by atomic mass is 16.6. The molecule has 23 heavy (non-hydrogen) atoms. The molecule has 2 aliphatic carbocycles. The van der Waals surface area contributed by atoms with Crippen LogP contribution in [0.2, 0.25) is 0 Å². The van der Waals surface area contributed by atoms with Crippen molar-refractivity contribution >= 4 is 6.09 Å². The van der Waals surface area contributed by atoms with Crippen LogP contribution in [0.4, 0.5) is 4.79 Å². The van der Waals surface area contributed by atoms with E-state index >= 15 is 0 Å². The van der Waals surface area contributed by atoms with E-state index in [0.29, 0.717) is 63.9 Å². The number of alkyl carbamates (subject to hydrolysis) is 1. The molecule has 0 spiro atoms. The largest absolute Gasteiger partial charge is 0.449 e. The summed E-state index contributed by atoms with van der Waals surface area (Å²) in [4.78, 5) is 11.6. The van der Waals surface area contributed by atoms with Crippen LogP contribution >= 0.6 is 0 Å². The molecule has 0 heterocycles. The van der Waals surface area contributed by atoms with E-state index in [2.05, 4.69) is 17.2 Å². The van der Waals surface area contributed by atoms with E-state index in [4.69, 9.17) is 19.9 Å². The zero-order valence-corrected chi connectivity index (χ0v) is 13.7. The van der Waals surface area contributed by atoms with Gasteiger partial charge in [-0.3, -0.25) is 0 Å². The zero-order valence-electron chi connectivity index (χ0n) is 13.7. The Balaban J connectivity index is 1.44. The lowest BCUT2D eigenvalue weighted by molar-refractivity contribution is 0.0511. The molecule has 6 heteroatoms. The lowest BCUT2D eigenvalue weighted by atomic mass is 10.1. The molecule has 2 rings (SSSR count). The highest BCUT2D eigenvalue weighted by Crippen LogP contribution is 2.52. The van der Waals surface area contributed by atoms with Crippen LogP contribution in [-0.4, -0.2) is 52.2 Å². The number of nitrogens with one attached hydrogen (secondary N) is 1. The molecule has 1 fully saturated rings. The maximum Gasteiger partial charge on any atom is 0.407 e. The summed E-state index contributed by atoms with van der Waals surface area (Å²) in [6.07, 6.45) is 3.90. The summed E-state index contributed by atoms with van der Waals surface area (Å²) in [5.74, 6) is 8.31. The summed E-state index contributed by atoms with van der Waals surface area (Å²) < 4.78 is 15.8. The summed E-state index contributed by atoms with van der Waals surface area (Å²) in [7, 11) is 0. The Bertz CT molecular complexity index is 401. The minimum atomic E-state index is -0.358. The van der Waals surface area contributed by atoms with Crippen molar-refractivity contribution in [1.29, 1.82) is 0 Å². The molecular weight excluding hydrogens is 296 g/mol. The van der Waals surface area contributed by atoms with Gasteiger partial charge in [-0.25, -0.2) is 4.79 Å². The zero-order chi connectivity index (χ0) is 16.3. The number of carbonyl (C=O) groups excluding carboxylic acids is 1. The van der Waals surface area contributed by atoms with Crippen molar-refractivity contribution in [3.8, 4) is 11.8 Å². The second kappa shape index (κ2) is 10.5. The molecule has 0 aromatic heterocycles. The number of ether oxygens (including phenoxy) is 3. The molecule has 0 bridgehead atoms. The van der Waals surface area contributed by atoms with Crippen LogP contribution in [0.3, 0.4) is 0 Å². The summed E-state index contributed by atoms with van der Waals surface area (Å²) in [5, 5.41) is 2.70. The van der Waals surface area contributed by atoms with E-state index in [1.165, 1.54) is 0 Å². The highest BCUT2D eigenvalue weighted by molar-refractivity contribution is 5.67. The topological polar surface area (TPSA) is 82.8 Å². The molecule has 0 saturated heterocycles. The van der Waals surface area contributed by atoms with Crippen molar-refractivity contribution < 1.29 is 19.0 Å². The molecule has 130 valence electrons. The van der Waals surface area contributed by atoms with Gasteiger partial charge < -0.3 is 25.3 Å². The molecule has 3 N–H and O–H groups in total. The first-order valence-electron chi connectivity index (χ1n) is 8.55. The van der Waals surface area contributed by atoms with Gasteiger partial charge in [0.05, 0.1) is 33.0 Å². The normalized spacial score (nSPS) is 25.3. The van der Waals surface area contributed by atoms with Crippen LogP contribution in [-0.2, 0) is 14.2 Å². The Labute approximate surface area is 138 Å². The van der Waals surface area contributed by atoms with Gasteiger partial charge in [0.25, 0.3) is 0 Å². The summed E-state index contributed by atoms with van der Waals surface area (Å²) in [6.45, 7) is 3.51. The van der Waals surface area contributed by atoms with Gasteiger partial charge in [0.2, 0.25) is 0 Å². The second-order valence-electron chi connectivity index (χ2n) is 5.96. The molecule has 1 amide bonds. The molecule has 0 radical (unpaired) electrons. The minimum absolute atomic E-state index is 0.358. The summed E-state index contributed by atoms with van der Waals surface area (Å²) in [6, 6.07) is 0. The summed E-state index contributed by atoms with van der Waals surface area (Å²) >= 11 is 0. The van der Waals surface area contributed by atoms with Crippen molar-refractivity contribution in [3.63, 3.8) is 0 Å².